The van der Waals surface area contributed by atoms with Crippen LogP contribution in [0.3, 0.4) is 0 Å². The molecule has 0 aliphatic rings. The standard InChI is InChI=1S/C12H10Si.2C9H7.2C4H9.Zr/c1-3-7-11(8-4-1)13-12-9-5-2-6-10-12;2*1-2-5-9-7-3-6-8(9)4-1;2*1-3-4-2;/h1-10H;2*1-7H;2*1,3-4H2,2H3;/q;4*-1;+4. The van der Waals surface area contributed by atoms with Crippen LogP contribution in [0, 0.1) is 13.8 Å². The fourth-order valence-electron chi connectivity index (χ4n) is 3.35. The molecule has 0 N–H and O–H groups in total. The fourth-order valence-corrected chi connectivity index (χ4v) is 4.40. The Morgan fingerprint density at radius 1 is 0.500 bits per heavy atom. The summed E-state index contributed by atoms with van der Waals surface area (Å²) in [6, 6.07) is 50.5. The number of hydrogen-bond donors (Lipinski definition) is 0. The van der Waals surface area contributed by atoms with Gasteiger partial charge in [0.2, 0.25) is 0 Å². The molecule has 0 aromatic heterocycles. The van der Waals surface area contributed by atoms with Crippen molar-refractivity contribution in [3.8, 4) is 0 Å². The molecule has 0 bridgehead atoms. The van der Waals surface area contributed by atoms with Crippen LogP contribution in [-0.4, -0.2) is 9.52 Å². The normalized spacial score (nSPS) is 9.30. The molecule has 0 heterocycles. The van der Waals surface area contributed by atoms with Gasteiger partial charge < -0.3 is 13.8 Å². The van der Waals surface area contributed by atoms with Gasteiger partial charge in [-0.15, -0.1) is 59.3 Å². The monoisotopic (exact) mass is 616 g/mol. The van der Waals surface area contributed by atoms with Crippen LogP contribution in [0.5, 0.6) is 0 Å². The molecular weight excluding hydrogens is 576 g/mol. The van der Waals surface area contributed by atoms with Crippen molar-refractivity contribution in [1.82, 2.24) is 0 Å². The van der Waals surface area contributed by atoms with E-state index < -0.39 is 0 Å². The van der Waals surface area contributed by atoms with Crippen molar-refractivity contribution in [3.05, 3.63) is 159 Å². The van der Waals surface area contributed by atoms with Gasteiger partial charge >= 0.3 is 26.2 Å². The van der Waals surface area contributed by atoms with Gasteiger partial charge in [0, 0.05) is 0 Å². The Balaban J connectivity index is 0.000000266. The molecular formula is C38H42SiZr. The SMILES string of the molecule is [CH2-]CCC.[CH2-]CCC.[Zr+4].c1ccc([Si]c2ccccc2)cc1.c1ccc2[cH-]ccc2c1.c1ccc2[cH-]ccc2c1. The van der Waals surface area contributed by atoms with E-state index in [1.54, 1.807) is 0 Å². The largest absolute Gasteiger partial charge is 4.00 e. The van der Waals surface area contributed by atoms with Gasteiger partial charge in [-0.2, -0.15) is 47.9 Å². The van der Waals surface area contributed by atoms with Crippen molar-refractivity contribution >= 4 is 41.4 Å². The first-order valence-corrected chi connectivity index (χ1v) is 14.9. The minimum Gasteiger partial charge on any atom is -0.343 e. The van der Waals surface area contributed by atoms with Gasteiger partial charge in [-0.25, -0.2) is 0 Å². The van der Waals surface area contributed by atoms with E-state index in [9.17, 15) is 0 Å². The third kappa shape index (κ3) is 14.5. The van der Waals surface area contributed by atoms with Crippen LogP contribution in [0.2, 0.25) is 0 Å². The number of rotatable bonds is 4. The van der Waals surface area contributed by atoms with Crippen LogP contribution in [0.1, 0.15) is 39.5 Å². The van der Waals surface area contributed by atoms with Crippen LogP contribution >= 0.6 is 0 Å². The van der Waals surface area contributed by atoms with Gasteiger partial charge in [0.05, 0.1) is 0 Å². The summed E-state index contributed by atoms with van der Waals surface area (Å²) in [7, 11) is 0.777. The molecule has 0 saturated heterocycles. The summed E-state index contributed by atoms with van der Waals surface area (Å²) >= 11 is 0. The van der Waals surface area contributed by atoms with Gasteiger partial charge in [-0.3, -0.25) is 0 Å². The maximum atomic E-state index is 3.60. The molecule has 0 aliphatic heterocycles. The average molecular weight is 618 g/mol. The second kappa shape index (κ2) is 23.0. The third-order valence-corrected chi connectivity index (χ3v) is 6.88. The van der Waals surface area contributed by atoms with Crippen LogP contribution < -0.4 is 10.4 Å². The summed E-state index contributed by atoms with van der Waals surface area (Å²) < 4.78 is 0. The zero-order chi connectivity index (χ0) is 28.0. The quantitative estimate of drug-likeness (QED) is 0.136. The summed E-state index contributed by atoms with van der Waals surface area (Å²) in [4.78, 5) is 0. The van der Waals surface area contributed by atoms with Gasteiger partial charge in [0.1, 0.15) is 9.52 Å². The number of benzene rings is 4. The van der Waals surface area contributed by atoms with Crippen molar-refractivity contribution in [2.24, 2.45) is 0 Å². The third-order valence-electron chi connectivity index (χ3n) is 5.64. The van der Waals surface area contributed by atoms with Gasteiger partial charge in [0.25, 0.3) is 0 Å². The number of hydrogen-bond acceptors (Lipinski definition) is 0. The summed E-state index contributed by atoms with van der Waals surface area (Å²) in [5.41, 5.74) is 0. The Morgan fingerprint density at radius 2 is 0.825 bits per heavy atom. The van der Waals surface area contributed by atoms with E-state index in [2.05, 4.69) is 173 Å². The molecule has 6 rings (SSSR count). The Hall–Kier alpha value is -2.80. The van der Waals surface area contributed by atoms with E-state index in [0.717, 1.165) is 22.4 Å². The average Bonchev–Trinajstić information content (AvgIpc) is 3.69. The molecule has 0 amide bonds. The van der Waals surface area contributed by atoms with Crippen molar-refractivity contribution in [3.63, 3.8) is 0 Å². The number of unbranched alkanes of at least 4 members (excludes halogenated alkanes) is 2. The van der Waals surface area contributed by atoms with E-state index >= 15 is 0 Å². The second-order valence-corrected chi connectivity index (χ2v) is 10.3. The molecule has 40 heavy (non-hydrogen) atoms. The minimum atomic E-state index is 0. The Labute approximate surface area is 265 Å². The molecule has 202 valence electrons. The van der Waals surface area contributed by atoms with Crippen LogP contribution in [0.4, 0.5) is 0 Å². The number of fused-ring (bicyclic) bond motifs is 2. The first kappa shape index (κ1) is 35.2. The zero-order valence-corrected chi connectivity index (χ0v) is 27.6. The van der Waals surface area contributed by atoms with Gasteiger partial charge in [0.15, 0.2) is 0 Å². The van der Waals surface area contributed by atoms with E-state index in [4.69, 9.17) is 0 Å². The molecule has 0 saturated carbocycles. The molecule has 6 aromatic carbocycles. The Bertz CT molecular complexity index is 1190. The summed E-state index contributed by atoms with van der Waals surface area (Å²) in [5.74, 6) is 0. The van der Waals surface area contributed by atoms with Crippen molar-refractivity contribution in [2.45, 2.75) is 39.5 Å². The molecule has 0 spiro atoms. The van der Waals surface area contributed by atoms with Crippen molar-refractivity contribution in [2.75, 3.05) is 0 Å². The Kier molecular flexibility index (Phi) is 20.2. The molecule has 0 fully saturated rings. The van der Waals surface area contributed by atoms with Crippen LogP contribution in [0.25, 0.3) is 21.5 Å². The van der Waals surface area contributed by atoms with E-state index in [0.29, 0.717) is 0 Å². The van der Waals surface area contributed by atoms with Crippen molar-refractivity contribution < 1.29 is 26.2 Å². The molecule has 0 aliphatic carbocycles. The summed E-state index contributed by atoms with van der Waals surface area (Å²) in [5, 5.41) is 8.12. The van der Waals surface area contributed by atoms with Gasteiger partial charge in [-0.05, 0) is 0 Å². The van der Waals surface area contributed by atoms with Crippen LogP contribution in [-0.2, 0) is 26.2 Å². The van der Waals surface area contributed by atoms with Crippen LogP contribution in [0.15, 0.2) is 146 Å². The summed E-state index contributed by atoms with van der Waals surface area (Å²) in [6.07, 6.45) is 4.56. The maximum absolute atomic E-state index is 3.60. The molecule has 0 unspecified atom stereocenters. The van der Waals surface area contributed by atoms with Gasteiger partial charge in [-0.1, -0.05) is 110 Å². The molecule has 0 atom stereocenters. The topological polar surface area (TPSA) is 0 Å². The zero-order valence-electron chi connectivity index (χ0n) is 24.1. The second-order valence-electron chi connectivity index (χ2n) is 8.87. The molecule has 0 nitrogen and oxygen atoms in total. The fraction of sp³-hybridized carbons (Fsp3) is 0.158. The van der Waals surface area contributed by atoms with E-state index in [1.807, 2.05) is 0 Å². The van der Waals surface area contributed by atoms with E-state index in [-0.39, 0.29) is 26.2 Å². The minimum absolute atomic E-state index is 0. The predicted molar refractivity (Wildman–Crippen MR) is 178 cm³/mol. The molecule has 6 aromatic rings. The van der Waals surface area contributed by atoms with Crippen molar-refractivity contribution in [1.29, 1.82) is 0 Å². The predicted octanol–water partition coefficient (Wildman–Crippen LogP) is 9.70. The Morgan fingerprint density at radius 3 is 1.15 bits per heavy atom. The maximum Gasteiger partial charge on any atom is 4.00 e. The molecule has 2 heteroatoms. The first-order valence-electron chi connectivity index (χ1n) is 13.9. The summed E-state index contributed by atoms with van der Waals surface area (Å²) in [6.45, 7) is 11.4. The first-order chi connectivity index (χ1) is 19.2. The smallest absolute Gasteiger partial charge is 0.343 e. The van der Waals surface area contributed by atoms with E-state index in [1.165, 1.54) is 44.8 Å². The molecule has 2 radical (unpaired) electrons.